The molecule has 0 saturated carbocycles. The van der Waals surface area contributed by atoms with Gasteiger partial charge in [-0.15, -0.1) is 0 Å². The van der Waals surface area contributed by atoms with Crippen molar-refractivity contribution < 1.29 is 4.79 Å². The molecule has 0 aromatic rings. The third-order valence-electron chi connectivity index (χ3n) is 2.90. The van der Waals surface area contributed by atoms with Crippen LogP contribution in [0.3, 0.4) is 0 Å². The van der Waals surface area contributed by atoms with Crippen molar-refractivity contribution in [3.8, 4) is 0 Å². The quantitative estimate of drug-likeness (QED) is 0.695. The molecule has 1 saturated heterocycles. The highest BCUT2D eigenvalue weighted by Crippen LogP contribution is 2.18. The van der Waals surface area contributed by atoms with Crippen LogP contribution in [0.5, 0.6) is 0 Å². The molecule has 0 aromatic heterocycles. The summed E-state index contributed by atoms with van der Waals surface area (Å²) in [6.45, 7) is 6.53. The molecule has 0 bridgehead atoms. The van der Waals surface area contributed by atoms with Gasteiger partial charge in [0, 0.05) is 12.0 Å². The number of hydrogen-bond acceptors (Lipinski definition) is 2. The van der Waals surface area contributed by atoms with Crippen LogP contribution >= 0.6 is 0 Å². The highest BCUT2D eigenvalue weighted by molar-refractivity contribution is 5.76. The lowest BCUT2D eigenvalue weighted by atomic mass is 10.0. The van der Waals surface area contributed by atoms with E-state index in [2.05, 4.69) is 18.7 Å². The van der Waals surface area contributed by atoms with Crippen molar-refractivity contribution in [2.45, 2.75) is 39.2 Å². The highest BCUT2D eigenvalue weighted by Gasteiger charge is 2.21. The summed E-state index contributed by atoms with van der Waals surface area (Å²) in [4.78, 5) is 13.4. The maximum atomic E-state index is 11.0. The second kappa shape index (κ2) is 4.61. The molecule has 3 nitrogen and oxygen atoms in total. The molecule has 1 heterocycles. The number of nitrogens with two attached hydrogens (primary N) is 1. The van der Waals surface area contributed by atoms with Gasteiger partial charge >= 0.3 is 0 Å². The zero-order chi connectivity index (χ0) is 9.84. The zero-order valence-electron chi connectivity index (χ0n) is 8.62. The predicted molar refractivity (Wildman–Crippen MR) is 53.2 cm³/mol. The Hall–Kier alpha value is -0.570. The number of carbonyl (C=O) groups excluding carboxylic acids is 1. The zero-order valence-corrected chi connectivity index (χ0v) is 8.62. The van der Waals surface area contributed by atoms with Gasteiger partial charge in [0.1, 0.15) is 0 Å². The minimum atomic E-state index is -0.120. The first kappa shape index (κ1) is 10.5. The van der Waals surface area contributed by atoms with Gasteiger partial charge in [0.2, 0.25) is 5.91 Å². The number of hydrogen-bond donors (Lipinski definition) is 1. The number of primary amides is 1. The summed E-state index contributed by atoms with van der Waals surface area (Å²) >= 11 is 0. The summed E-state index contributed by atoms with van der Waals surface area (Å²) < 4.78 is 0. The van der Waals surface area contributed by atoms with Crippen molar-refractivity contribution in [2.24, 2.45) is 11.7 Å². The molecule has 13 heavy (non-hydrogen) atoms. The largest absolute Gasteiger partial charge is 0.369 e. The second-order valence-electron chi connectivity index (χ2n) is 4.16. The average Bonchev–Trinajstić information content (AvgIpc) is 2.27. The SMILES string of the molecule is CC(C)N1CCCC(C(N)=O)CC1. The third-order valence-corrected chi connectivity index (χ3v) is 2.90. The Morgan fingerprint density at radius 1 is 1.38 bits per heavy atom. The first-order valence-electron chi connectivity index (χ1n) is 5.14. The van der Waals surface area contributed by atoms with Crippen molar-refractivity contribution in [3.63, 3.8) is 0 Å². The van der Waals surface area contributed by atoms with Gasteiger partial charge in [0.05, 0.1) is 0 Å². The third kappa shape index (κ3) is 2.99. The van der Waals surface area contributed by atoms with E-state index in [9.17, 15) is 4.79 Å². The van der Waals surface area contributed by atoms with Gasteiger partial charge in [-0.1, -0.05) is 0 Å². The Bertz CT molecular complexity index is 180. The standard InChI is InChI=1S/C10H20N2O/c1-8(2)12-6-3-4-9(5-7-12)10(11)13/h8-9H,3-7H2,1-2H3,(H2,11,13). The molecular formula is C10H20N2O. The Balaban J connectivity index is 2.44. The Morgan fingerprint density at radius 3 is 2.62 bits per heavy atom. The van der Waals surface area contributed by atoms with E-state index in [1.807, 2.05) is 0 Å². The first-order chi connectivity index (χ1) is 6.11. The van der Waals surface area contributed by atoms with Crippen LogP contribution in [0.15, 0.2) is 0 Å². The molecule has 3 heteroatoms. The molecule has 0 spiro atoms. The van der Waals surface area contributed by atoms with Gasteiger partial charge in [-0.3, -0.25) is 4.79 Å². The Morgan fingerprint density at radius 2 is 2.08 bits per heavy atom. The normalized spacial score (nSPS) is 25.9. The van der Waals surface area contributed by atoms with Gasteiger partial charge in [0.25, 0.3) is 0 Å². The lowest BCUT2D eigenvalue weighted by molar-refractivity contribution is -0.122. The summed E-state index contributed by atoms with van der Waals surface area (Å²) in [7, 11) is 0. The second-order valence-corrected chi connectivity index (χ2v) is 4.16. The molecule has 1 atom stereocenters. The van der Waals surface area contributed by atoms with Crippen LogP contribution in [-0.4, -0.2) is 29.9 Å². The fraction of sp³-hybridized carbons (Fsp3) is 0.900. The van der Waals surface area contributed by atoms with Crippen LogP contribution in [0.2, 0.25) is 0 Å². The molecule has 1 rings (SSSR count). The molecule has 1 aliphatic heterocycles. The van der Waals surface area contributed by atoms with Crippen LogP contribution < -0.4 is 5.73 Å². The van der Waals surface area contributed by atoms with E-state index in [0.29, 0.717) is 6.04 Å². The molecule has 1 fully saturated rings. The number of nitrogens with zero attached hydrogens (tertiary/aromatic N) is 1. The van der Waals surface area contributed by atoms with E-state index in [-0.39, 0.29) is 11.8 Å². The number of amides is 1. The predicted octanol–water partition coefficient (Wildman–Crippen LogP) is 0.982. The average molecular weight is 184 g/mol. The highest BCUT2D eigenvalue weighted by atomic mass is 16.1. The van der Waals surface area contributed by atoms with E-state index >= 15 is 0 Å². The summed E-state index contributed by atoms with van der Waals surface area (Å²) in [5.74, 6) is -0.00523. The van der Waals surface area contributed by atoms with E-state index in [1.54, 1.807) is 0 Å². The number of carbonyl (C=O) groups is 1. The minimum Gasteiger partial charge on any atom is -0.369 e. The van der Waals surface area contributed by atoms with Gasteiger partial charge in [0.15, 0.2) is 0 Å². The molecular weight excluding hydrogens is 164 g/mol. The maximum absolute atomic E-state index is 11.0. The lowest BCUT2D eigenvalue weighted by Crippen LogP contribution is -2.32. The monoisotopic (exact) mass is 184 g/mol. The molecule has 76 valence electrons. The van der Waals surface area contributed by atoms with Crippen LogP contribution in [0, 0.1) is 5.92 Å². The van der Waals surface area contributed by atoms with Crippen molar-refractivity contribution in [1.29, 1.82) is 0 Å². The van der Waals surface area contributed by atoms with Crippen molar-refractivity contribution in [2.75, 3.05) is 13.1 Å². The van der Waals surface area contributed by atoms with E-state index in [4.69, 9.17) is 5.73 Å². The van der Waals surface area contributed by atoms with Crippen LogP contribution in [-0.2, 0) is 4.79 Å². The summed E-state index contributed by atoms with van der Waals surface area (Å²) in [5, 5.41) is 0. The number of rotatable bonds is 2. The van der Waals surface area contributed by atoms with Gasteiger partial charge in [-0.2, -0.15) is 0 Å². The first-order valence-corrected chi connectivity index (χ1v) is 5.14. The Kier molecular flexibility index (Phi) is 3.72. The van der Waals surface area contributed by atoms with E-state index in [1.165, 1.54) is 0 Å². The van der Waals surface area contributed by atoms with Crippen LogP contribution in [0.1, 0.15) is 33.1 Å². The molecule has 2 N–H and O–H groups in total. The van der Waals surface area contributed by atoms with E-state index < -0.39 is 0 Å². The van der Waals surface area contributed by atoms with Crippen molar-refractivity contribution in [1.82, 2.24) is 4.90 Å². The molecule has 1 amide bonds. The molecule has 1 unspecified atom stereocenters. The van der Waals surface area contributed by atoms with Crippen LogP contribution in [0.25, 0.3) is 0 Å². The lowest BCUT2D eigenvalue weighted by Gasteiger charge is -2.24. The molecule has 0 aromatic carbocycles. The smallest absolute Gasteiger partial charge is 0.220 e. The Labute approximate surface area is 80.3 Å². The molecule has 0 aliphatic carbocycles. The summed E-state index contributed by atoms with van der Waals surface area (Å²) in [6, 6.07) is 0.589. The fourth-order valence-electron chi connectivity index (χ4n) is 1.92. The maximum Gasteiger partial charge on any atom is 0.220 e. The summed E-state index contributed by atoms with van der Waals surface area (Å²) in [5.41, 5.74) is 5.30. The number of likely N-dealkylation sites (tertiary alicyclic amines) is 1. The van der Waals surface area contributed by atoms with Crippen molar-refractivity contribution >= 4 is 5.91 Å². The fourth-order valence-corrected chi connectivity index (χ4v) is 1.92. The topological polar surface area (TPSA) is 46.3 Å². The van der Waals surface area contributed by atoms with Crippen molar-refractivity contribution in [3.05, 3.63) is 0 Å². The van der Waals surface area contributed by atoms with Gasteiger partial charge in [-0.25, -0.2) is 0 Å². The van der Waals surface area contributed by atoms with Gasteiger partial charge < -0.3 is 10.6 Å². The van der Waals surface area contributed by atoms with E-state index in [0.717, 1.165) is 32.4 Å². The summed E-state index contributed by atoms with van der Waals surface area (Å²) in [6.07, 6.45) is 3.01. The van der Waals surface area contributed by atoms with Crippen LogP contribution in [0.4, 0.5) is 0 Å². The minimum absolute atomic E-state index is 0.115. The molecule has 0 radical (unpaired) electrons. The van der Waals surface area contributed by atoms with Gasteiger partial charge in [-0.05, 0) is 46.2 Å². The molecule has 1 aliphatic rings.